The molecule has 3 nitrogen and oxygen atoms in total. The van der Waals surface area contributed by atoms with E-state index >= 15 is 0 Å². The quantitative estimate of drug-likeness (QED) is 0.804. The van der Waals surface area contributed by atoms with Gasteiger partial charge in [-0.1, -0.05) is 6.07 Å². The van der Waals surface area contributed by atoms with Gasteiger partial charge in [-0.25, -0.2) is 0 Å². The number of rotatable bonds is 3. The van der Waals surface area contributed by atoms with Crippen LogP contribution in [0.3, 0.4) is 0 Å². The summed E-state index contributed by atoms with van der Waals surface area (Å²) < 4.78 is 77.4. The number of carbonyl (C=O) groups is 1. The molecule has 0 aliphatic heterocycles. The van der Waals surface area contributed by atoms with E-state index in [0.717, 1.165) is 36.4 Å². The zero-order valence-corrected chi connectivity index (χ0v) is 11.7. The minimum Gasteiger partial charge on any atom is -0.406 e. The number of carbonyl (C=O) groups excluding carboxylic acids is 1. The van der Waals surface area contributed by atoms with E-state index < -0.39 is 29.8 Å². The van der Waals surface area contributed by atoms with Gasteiger partial charge in [0.05, 0.1) is 5.56 Å². The smallest absolute Gasteiger partial charge is 0.406 e. The zero-order valence-electron chi connectivity index (χ0n) is 11.7. The Kier molecular flexibility index (Phi) is 4.72. The van der Waals surface area contributed by atoms with Gasteiger partial charge in [-0.15, -0.1) is 13.2 Å². The van der Waals surface area contributed by atoms with Gasteiger partial charge in [0.25, 0.3) is 5.91 Å². The van der Waals surface area contributed by atoms with Crippen molar-refractivity contribution in [3.05, 3.63) is 59.7 Å². The predicted octanol–water partition coefficient (Wildman–Crippen LogP) is 4.86. The maximum atomic E-state index is 12.4. The summed E-state index contributed by atoms with van der Waals surface area (Å²) in [6, 6.07) is 7.92. The van der Waals surface area contributed by atoms with Gasteiger partial charge < -0.3 is 10.1 Å². The second kappa shape index (κ2) is 6.42. The van der Waals surface area contributed by atoms with Crippen molar-refractivity contribution in [2.45, 2.75) is 12.5 Å². The Morgan fingerprint density at radius 2 is 1.54 bits per heavy atom. The Hall–Kier alpha value is -2.71. The summed E-state index contributed by atoms with van der Waals surface area (Å²) >= 11 is 0. The molecule has 0 spiro atoms. The Bertz CT molecular complexity index is 722. The molecule has 0 saturated carbocycles. The summed E-state index contributed by atoms with van der Waals surface area (Å²) in [6.45, 7) is 0. The molecule has 0 aliphatic rings. The number of halogens is 6. The first kappa shape index (κ1) is 17.6. The summed E-state index contributed by atoms with van der Waals surface area (Å²) in [7, 11) is 0. The van der Waals surface area contributed by atoms with Crippen LogP contribution in [0.2, 0.25) is 0 Å². The average Bonchev–Trinajstić information content (AvgIpc) is 2.45. The predicted molar refractivity (Wildman–Crippen MR) is 72.5 cm³/mol. The van der Waals surface area contributed by atoms with Gasteiger partial charge in [0, 0.05) is 17.3 Å². The highest BCUT2D eigenvalue weighted by Gasteiger charge is 2.31. The van der Waals surface area contributed by atoms with Crippen LogP contribution in [0.5, 0.6) is 5.75 Å². The Morgan fingerprint density at radius 3 is 2.08 bits per heavy atom. The van der Waals surface area contributed by atoms with Crippen molar-refractivity contribution in [3.63, 3.8) is 0 Å². The highest BCUT2D eigenvalue weighted by molar-refractivity contribution is 6.04. The number of ether oxygens (including phenoxy) is 1. The van der Waals surface area contributed by atoms with E-state index in [-0.39, 0.29) is 11.3 Å². The molecule has 0 bridgehead atoms. The van der Waals surface area contributed by atoms with Crippen molar-refractivity contribution < 1.29 is 35.9 Å². The molecular weight excluding hydrogens is 340 g/mol. The van der Waals surface area contributed by atoms with Gasteiger partial charge in [-0.2, -0.15) is 13.2 Å². The van der Waals surface area contributed by atoms with E-state index in [1.165, 1.54) is 12.1 Å². The second-order valence-corrected chi connectivity index (χ2v) is 4.60. The van der Waals surface area contributed by atoms with Gasteiger partial charge in [-0.05, 0) is 36.4 Å². The molecule has 9 heteroatoms. The third kappa shape index (κ3) is 4.90. The van der Waals surface area contributed by atoms with Crippen LogP contribution in [0.4, 0.5) is 32.0 Å². The monoisotopic (exact) mass is 349 g/mol. The minimum absolute atomic E-state index is 0.00153. The van der Waals surface area contributed by atoms with E-state index in [2.05, 4.69) is 10.1 Å². The molecule has 0 radical (unpaired) electrons. The van der Waals surface area contributed by atoms with Gasteiger partial charge in [0.1, 0.15) is 5.75 Å². The van der Waals surface area contributed by atoms with E-state index in [0.29, 0.717) is 0 Å². The van der Waals surface area contributed by atoms with Crippen LogP contribution in [-0.4, -0.2) is 12.3 Å². The van der Waals surface area contributed by atoms with Crippen molar-refractivity contribution in [2.75, 3.05) is 5.32 Å². The third-order valence-electron chi connectivity index (χ3n) is 2.80. The van der Waals surface area contributed by atoms with E-state index in [1.807, 2.05) is 0 Å². The van der Waals surface area contributed by atoms with E-state index in [9.17, 15) is 31.1 Å². The molecule has 2 rings (SSSR count). The van der Waals surface area contributed by atoms with Crippen LogP contribution >= 0.6 is 0 Å². The number of amides is 1. The fourth-order valence-corrected chi connectivity index (χ4v) is 1.78. The lowest BCUT2D eigenvalue weighted by Gasteiger charge is -2.11. The summed E-state index contributed by atoms with van der Waals surface area (Å²) in [5.74, 6) is -1.30. The van der Waals surface area contributed by atoms with Crippen molar-refractivity contribution in [2.24, 2.45) is 0 Å². The molecule has 0 fully saturated rings. The molecule has 0 unspecified atom stereocenters. The molecule has 2 aromatic carbocycles. The van der Waals surface area contributed by atoms with E-state index in [1.54, 1.807) is 0 Å². The molecule has 0 saturated heterocycles. The molecule has 0 aliphatic carbocycles. The van der Waals surface area contributed by atoms with Crippen molar-refractivity contribution >= 4 is 11.6 Å². The lowest BCUT2D eigenvalue weighted by Crippen LogP contribution is -2.17. The van der Waals surface area contributed by atoms with Crippen LogP contribution in [0.1, 0.15) is 15.9 Å². The molecule has 0 heterocycles. The lowest BCUT2D eigenvalue weighted by atomic mass is 10.1. The van der Waals surface area contributed by atoms with Crippen LogP contribution in [-0.2, 0) is 6.18 Å². The molecule has 1 N–H and O–H groups in total. The van der Waals surface area contributed by atoms with Gasteiger partial charge in [0.2, 0.25) is 0 Å². The maximum absolute atomic E-state index is 12.4. The summed E-state index contributed by atoms with van der Waals surface area (Å²) in [4.78, 5) is 11.9. The standard InChI is InChI=1S/C15H9F6NO2/c16-14(17,18)10-6-4-9(5-7-10)13(23)22-11-2-1-3-12(8-11)24-15(19,20)21/h1-8H,(H,22,23). The molecular formula is C15H9F6NO2. The second-order valence-electron chi connectivity index (χ2n) is 4.60. The molecule has 24 heavy (non-hydrogen) atoms. The fourth-order valence-electron chi connectivity index (χ4n) is 1.78. The minimum atomic E-state index is -4.88. The normalized spacial score (nSPS) is 11.9. The summed E-state index contributed by atoms with van der Waals surface area (Å²) in [5, 5.41) is 2.28. The maximum Gasteiger partial charge on any atom is 0.573 e. The Balaban J connectivity index is 2.11. The number of hydrogen-bond donors (Lipinski definition) is 1. The largest absolute Gasteiger partial charge is 0.573 e. The SMILES string of the molecule is O=C(Nc1cccc(OC(F)(F)F)c1)c1ccc(C(F)(F)F)cc1. The topological polar surface area (TPSA) is 38.3 Å². The van der Waals surface area contributed by atoms with E-state index in [4.69, 9.17) is 0 Å². The van der Waals surface area contributed by atoms with Crippen molar-refractivity contribution in [1.29, 1.82) is 0 Å². The Morgan fingerprint density at radius 1 is 0.917 bits per heavy atom. The van der Waals surface area contributed by atoms with Gasteiger partial charge in [-0.3, -0.25) is 4.79 Å². The average molecular weight is 349 g/mol. The number of nitrogens with one attached hydrogen (secondary N) is 1. The molecule has 1 amide bonds. The number of anilines is 1. The first-order valence-corrected chi connectivity index (χ1v) is 6.39. The van der Waals surface area contributed by atoms with Crippen LogP contribution in [0.25, 0.3) is 0 Å². The third-order valence-corrected chi connectivity index (χ3v) is 2.80. The summed E-state index contributed by atoms with van der Waals surface area (Å²) in [6.07, 6.45) is -9.41. The molecule has 2 aromatic rings. The highest BCUT2D eigenvalue weighted by Crippen LogP contribution is 2.29. The first-order valence-electron chi connectivity index (χ1n) is 6.39. The van der Waals surface area contributed by atoms with Gasteiger partial charge in [0.15, 0.2) is 0 Å². The molecule has 0 atom stereocenters. The van der Waals surface area contributed by atoms with Gasteiger partial charge >= 0.3 is 12.5 Å². The number of alkyl halides is 6. The van der Waals surface area contributed by atoms with Crippen LogP contribution < -0.4 is 10.1 Å². The van der Waals surface area contributed by atoms with Crippen molar-refractivity contribution in [3.8, 4) is 5.75 Å². The zero-order chi connectivity index (χ0) is 18.0. The first-order chi connectivity index (χ1) is 11.0. The molecule has 0 aromatic heterocycles. The van der Waals surface area contributed by atoms with Crippen molar-refractivity contribution in [1.82, 2.24) is 0 Å². The Labute approximate surface area is 131 Å². The fraction of sp³-hybridized carbons (Fsp3) is 0.133. The highest BCUT2D eigenvalue weighted by atomic mass is 19.4. The number of benzene rings is 2. The van der Waals surface area contributed by atoms with Crippen LogP contribution in [0.15, 0.2) is 48.5 Å². The lowest BCUT2D eigenvalue weighted by molar-refractivity contribution is -0.274. The van der Waals surface area contributed by atoms with Crippen LogP contribution in [0, 0.1) is 0 Å². The molecule has 128 valence electrons. The number of hydrogen-bond acceptors (Lipinski definition) is 2. The summed E-state index contributed by atoms with van der Waals surface area (Å²) in [5.41, 5.74) is -0.994.